The highest BCUT2D eigenvalue weighted by Crippen LogP contribution is 2.37. The molecular weight excluding hydrogens is 238 g/mol. The summed E-state index contributed by atoms with van der Waals surface area (Å²) in [6.07, 6.45) is 2.08. The third kappa shape index (κ3) is 2.81. The van der Waals surface area contributed by atoms with Crippen molar-refractivity contribution in [2.24, 2.45) is 5.92 Å². The minimum Gasteiger partial charge on any atom is -0.480 e. The topological polar surface area (TPSA) is 84.9 Å². The van der Waals surface area contributed by atoms with Crippen LogP contribution in [-0.2, 0) is 19.1 Å². The van der Waals surface area contributed by atoms with Gasteiger partial charge in [0, 0.05) is 26.6 Å². The van der Waals surface area contributed by atoms with E-state index < -0.39 is 12.0 Å². The molecule has 2 aliphatic heterocycles. The Labute approximate surface area is 106 Å². The summed E-state index contributed by atoms with van der Waals surface area (Å²) in [5.41, 5.74) is -0.338. The molecule has 0 aromatic carbocycles. The summed E-state index contributed by atoms with van der Waals surface area (Å²) in [7, 11) is 0. The first-order valence-corrected chi connectivity index (χ1v) is 6.24. The standard InChI is InChI=1S/C12H19NO5/c1-8(14)13-10(11(15)16)9-2-4-18-12(6-9)3-5-17-7-12/h9-10H,2-7H2,1H3,(H,13,14)(H,15,16). The van der Waals surface area contributed by atoms with Crippen molar-refractivity contribution in [2.45, 2.75) is 37.8 Å². The molecule has 0 aromatic heterocycles. The van der Waals surface area contributed by atoms with Crippen LogP contribution in [0.25, 0.3) is 0 Å². The summed E-state index contributed by atoms with van der Waals surface area (Å²) >= 11 is 0. The summed E-state index contributed by atoms with van der Waals surface area (Å²) < 4.78 is 11.1. The van der Waals surface area contributed by atoms with Crippen LogP contribution in [0.3, 0.4) is 0 Å². The fourth-order valence-electron chi connectivity index (χ4n) is 2.81. The van der Waals surface area contributed by atoms with Gasteiger partial charge in [0.2, 0.25) is 5.91 Å². The molecule has 2 rings (SSSR count). The van der Waals surface area contributed by atoms with E-state index in [9.17, 15) is 14.7 Å². The van der Waals surface area contributed by atoms with Gasteiger partial charge < -0.3 is 19.9 Å². The van der Waals surface area contributed by atoms with Gasteiger partial charge in [-0.1, -0.05) is 0 Å². The molecule has 1 spiro atoms. The van der Waals surface area contributed by atoms with Crippen LogP contribution >= 0.6 is 0 Å². The van der Waals surface area contributed by atoms with Gasteiger partial charge in [-0.3, -0.25) is 4.79 Å². The van der Waals surface area contributed by atoms with E-state index in [0.29, 0.717) is 32.7 Å². The van der Waals surface area contributed by atoms with Gasteiger partial charge in [-0.25, -0.2) is 4.79 Å². The van der Waals surface area contributed by atoms with Gasteiger partial charge in [0.25, 0.3) is 0 Å². The van der Waals surface area contributed by atoms with Crippen molar-refractivity contribution in [1.29, 1.82) is 0 Å². The minimum absolute atomic E-state index is 0.0955. The molecule has 0 radical (unpaired) electrons. The number of ether oxygens (including phenoxy) is 2. The van der Waals surface area contributed by atoms with E-state index in [1.54, 1.807) is 0 Å². The van der Waals surface area contributed by atoms with Crippen LogP contribution in [0, 0.1) is 5.92 Å². The number of hydrogen-bond acceptors (Lipinski definition) is 4. The fourth-order valence-corrected chi connectivity index (χ4v) is 2.81. The predicted molar refractivity (Wildman–Crippen MR) is 62.1 cm³/mol. The summed E-state index contributed by atoms with van der Waals surface area (Å²) in [4.78, 5) is 22.3. The first-order chi connectivity index (χ1) is 8.52. The van der Waals surface area contributed by atoms with Crippen molar-refractivity contribution in [3.05, 3.63) is 0 Å². The van der Waals surface area contributed by atoms with E-state index in [2.05, 4.69) is 5.32 Å². The number of amides is 1. The first-order valence-electron chi connectivity index (χ1n) is 6.24. The second-order valence-electron chi connectivity index (χ2n) is 5.10. The maximum atomic E-state index is 11.3. The van der Waals surface area contributed by atoms with E-state index in [4.69, 9.17) is 9.47 Å². The zero-order valence-corrected chi connectivity index (χ0v) is 10.5. The lowest BCUT2D eigenvalue weighted by Crippen LogP contribution is -2.51. The van der Waals surface area contributed by atoms with Crippen LogP contribution in [0.1, 0.15) is 26.2 Å². The molecule has 3 unspecified atom stereocenters. The number of nitrogens with one attached hydrogen (secondary N) is 1. The van der Waals surface area contributed by atoms with Gasteiger partial charge >= 0.3 is 5.97 Å². The molecule has 2 aliphatic rings. The molecule has 6 heteroatoms. The van der Waals surface area contributed by atoms with Gasteiger partial charge in [0.1, 0.15) is 6.04 Å². The maximum absolute atomic E-state index is 11.3. The Morgan fingerprint density at radius 2 is 2.22 bits per heavy atom. The second kappa shape index (κ2) is 5.24. The lowest BCUT2D eigenvalue weighted by Gasteiger charge is -2.39. The number of carbonyl (C=O) groups is 2. The lowest BCUT2D eigenvalue weighted by molar-refractivity contribution is -0.148. The summed E-state index contributed by atoms with van der Waals surface area (Å²) in [5, 5.41) is 11.7. The molecule has 0 saturated carbocycles. The first kappa shape index (κ1) is 13.3. The molecule has 0 aliphatic carbocycles. The van der Waals surface area contributed by atoms with Crippen molar-refractivity contribution in [1.82, 2.24) is 5.32 Å². The molecule has 0 bridgehead atoms. The predicted octanol–water partition coefficient (Wildman–Crippen LogP) is 0.161. The molecule has 18 heavy (non-hydrogen) atoms. The molecule has 6 nitrogen and oxygen atoms in total. The quantitative estimate of drug-likeness (QED) is 0.752. The molecule has 2 saturated heterocycles. The molecule has 102 valence electrons. The van der Waals surface area contributed by atoms with Gasteiger partial charge in [0.05, 0.1) is 12.2 Å². The summed E-state index contributed by atoms with van der Waals surface area (Å²) in [6.45, 7) is 3.04. The van der Waals surface area contributed by atoms with Crippen molar-refractivity contribution in [2.75, 3.05) is 19.8 Å². The van der Waals surface area contributed by atoms with E-state index in [1.165, 1.54) is 6.92 Å². The van der Waals surface area contributed by atoms with Gasteiger partial charge in [-0.15, -0.1) is 0 Å². The minimum atomic E-state index is -0.980. The van der Waals surface area contributed by atoms with Gasteiger partial charge in [0.15, 0.2) is 0 Å². The molecule has 0 aromatic rings. The Morgan fingerprint density at radius 3 is 2.78 bits per heavy atom. The van der Waals surface area contributed by atoms with Crippen LogP contribution in [-0.4, -0.2) is 48.4 Å². The van der Waals surface area contributed by atoms with Gasteiger partial charge in [-0.2, -0.15) is 0 Å². The van der Waals surface area contributed by atoms with Crippen molar-refractivity contribution in [3.8, 4) is 0 Å². The SMILES string of the molecule is CC(=O)NC(C(=O)O)C1CCOC2(CCOC2)C1. The van der Waals surface area contributed by atoms with Crippen molar-refractivity contribution < 1.29 is 24.2 Å². The largest absolute Gasteiger partial charge is 0.480 e. The highest BCUT2D eigenvalue weighted by Gasteiger charge is 2.44. The van der Waals surface area contributed by atoms with E-state index in [1.807, 2.05) is 0 Å². The van der Waals surface area contributed by atoms with Gasteiger partial charge in [-0.05, 0) is 18.8 Å². The Bertz CT molecular complexity index is 337. The smallest absolute Gasteiger partial charge is 0.326 e. The molecular formula is C12H19NO5. The third-order valence-corrected chi connectivity index (χ3v) is 3.69. The number of carboxylic acids is 1. The van der Waals surface area contributed by atoms with Crippen LogP contribution in [0.4, 0.5) is 0 Å². The van der Waals surface area contributed by atoms with Crippen molar-refractivity contribution in [3.63, 3.8) is 0 Å². The highest BCUT2D eigenvalue weighted by atomic mass is 16.6. The van der Waals surface area contributed by atoms with Crippen molar-refractivity contribution >= 4 is 11.9 Å². The monoisotopic (exact) mass is 257 g/mol. The Morgan fingerprint density at radius 1 is 1.44 bits per heavy atom. The molecule has 2 heterocycles. The average Bonchev–Trinajstić information content (AvgIpc) is 2.73. The zero-order chi connectivity index (χ0) is 13.2. The number of rotatable bonds is 3. The normalized spacial score (nSPS) is 33.3. The fraction of sp³-hybridized carbons (Fsp3) is 0.833. The zero-order valence-electron chi connectivity index (χ0n) is 10.5. The molecule has 3 atom stereocenters. The number of carboxylic acid groups (broad SMARTS) is 1. The van der Waals surface area contributed by atoms with Crippen LogP contribution in [0.2, 0.25) is 0 Å². The van der Waals surface area contributed by atoms with E-state index in [0.717, 1.165) is 6.42 Å². The Balaban J connectivity index is 2.05. The van der Waals surface area contributed by atoms with Crippen LogP contribution in [0.15, 0.2) is 0 Å². The third-order valence-electron chi connectivity index (χ3n) is 3.69. The Hall–Kier alpha value is -1.14. The highest BCUT2D eigenvalue weighted by molar-refractivity contribution is 5.82. The number of hydrogen-bond donors (Lipinski definition) is 2. The average molecular weight is 257 g/mol. The molecule has 2 N–H and O–H groups in total. The summed E-state index contributed by atoms with van der Waals surface area (Å²) in [6, 6.07) is -0.830. The number of carbonyl (C=O) groups excluding carboxylic acids is 1. The number of aliphatic carboxylic acids is 1. The second-order valence-corrected chi connectivity index (χ2v) is 5.10. The lowest BCUT2D eigenvalue weighted by atomic mass is 9.81. The maximum Gasteiger partial charge on any atom is 0.326 e. The van der Waals surface area contributed by atoms with Crippen LogP contribution < -0.4 is 5.32 Å². The summed E-state index contributed by atoms with van der Waals surface area (Å²) in [5.74, 6) is -1.39. The van der Waals surface area contributed by atoms with Crippen LogP contribution in [0.5, 0.6) is 0 Å². The van der Waals surface area contributed by atoms with E-state index >= 15 is 0 Å². The Kier molecular flexibility index (Phi) is 3.87. The van der Waals surface area contributed by atoms with E-state index in [-0.39, 0.29) is 17.4 Å². The molecule has 1 amide bonds. The molecule has 2 fully saturated rings.